The second-order valence-electron chi connectivity index (χ2n) is 4.63. The average Bonchev–Trinajstić information content (AvgIpc) is 2.74. The quantitative estimate of drug-likeness (QED) is 0.795. The number of rotatable bonds is 3. The highest BCUT2D eigenvalue weighted by atomic mass is 79.9. The van der Waals surface area contributed by atoms with Gasteiger partial charge in [0.15, 0.2) is 0 Å². The number of nitrogen functional groups attached to an aromatic ring is 1. The Hall–Kier alpha value is -1.88. The normalized spacial score (nSPS) is 11.1. The van der Waals surface area contributed by atoms with Crippen LogP contribution in [0.1, 0.15) is 11.4 Å². The van der Waals surface area contributed by atoms with Crippen LogP contribution in [0.4, 0.5) is 10.1 Å². The summed E-state index contributed by atoms with van der Waals surface area (Å²) >= 11 is 3.43. The molecule has 0 atom stereocenters. The van der Waals surface area contributed by atoms with Crippen LogP contribution in [0.2, 0.25) is 0 Å². The van der Waals surface area contributed by atoms with Crippen molar-refractivity contribution in [3.63, 3.8) is 0 Å². The van der Waals surface area contributed by atoms with E-state index in [0.29, 0.717) is 24.1 Å². The van der Waals surface area contributed by atoms with Gasteiger partial charge in [0.1, 0.15) is 16.2 Å². The zero-order valence-electron chi connectivity index (χ0n) is 10.7. The van der Waals surface area contributed by atoms with Crippen molar-refractivity contribution < 1.29 is 4.39 Å². The summed E-state index contributed by atoms with van der Waals surface area (Å²) in [6, 6.07) is 10.5. The Morgan fingerprint density at radius 1 is 1.20 bits per heavy atom. The molecule has 3 rings (SSSR count). The first-order chi connectivity index (χ1) is 9.65. The van der Waals surface area contributed by atoms with Crippen molar-refractivity contribution in [3.8, 4) is 0 Å². The molecule has 1 aromatic carbocycles. The van der Waals surface area contributed by atoms with Crippen molar-refractivity contribution in [1.82, 2.24) is 9.38 Å². The standard InChI is InChI=1S/C15H13BrFN3/c16-15-13-9-11(18)7-8-20(13)14(19-15)6-5-10-3-1-2-4-12(10)17/h1-4,7-9H,5-6,18H2. The fourth-order valence-corrected chi connectivity index (χ4v) is 2.76. The van der Waals surface area contributed by atoms with Crippen molar-refractivity contribution in [2.45, 2.75) is 12.8 Å². The van der Waals surface area contributed by atoms with Crippen molar-refractivity contribution in [2.24, 2.45) is 0 Å². The number of aryl methyl sites for hydroxylation is 2. The number of imidazole rings is 1. The monoisotopic (exact) mass is 333 g/mol. The summed E-state index contributed by atoms with van der Waals surface area (Å²) < 4.78 is 16.3. The van der Waals surface area contributed by atoms with Gasteiger partial charge in [0, 0.05) is 18.3 Å². The topological polar surface area (TPSA) is 43.3 Å². The van der Waals surface area contributed by atoms with E-state index >= 15 is 0 Å². The number of hydrogen-bond donors (Lipinski definition) is 1. The van der Waals surface area contributed by atoms with E-state index in [1.807, 2.05) is 28.8 Å². The molecule has 0 unspecified atom stereocenters. The lowest BCUT2D eigenvalue weighted by molar-refractivity contribution is 0.607. The van der Waals surface area contributed by atoms with Gasteiger partial charge in [-0.1, -0.05) is 18.2 Å². The molecule has 0 saturated carbocycles. The van der Waals surface area contributed by atoms with Crippen molar-refractivity contribution in [1.29, 1.82) is 0 Å². The molecule has 3 aromatic rings. The number of aromatic nitrogens is 2. The molecule has 0 amide bonds. The third kappa shape index (κ3) is 2.41. The van der Waals surface area contributed by atoms with Gasteiger partial charge in [0.05, 0.1) is 5.52 Å². The Bertz CT molecular complexity index is 767. The molecule has 5 heteroatoms. The summed E-state index contributed by atoms with van der Waals surface area (Å²) in [4.78, 5) is 4.48. The van der Waals surface area contributed by atoms with Gasteiger partial charge < -0.3 is 10.1 Å². The van der Waals surface area contributed by atoms with Crippen LogP contribution in [0.5, 0.6) is 0 Å². The third-order valence-electron chi connectivity index (χ3n) is 3.27. The molecule has 2 N–H and O–H groups in total. The molecule has 102 valence electrons. The predicted molar refractivity (Wildman–Crippen MR) is 81.1 cm³/mol. The van der Waals surface area contributed by atoms with Crippen LogP contribution < -0.4 is 5.73 Å². The second-order valence-corrected chi connectivity index (χ2v) is 5.38. The molecule has 3 nitrogen and oxygen atoms in total. The van der Waals surface area contributed by atoms with Gasteiger partial charge in [-0.25, -0.2) is 9.37 Å². The first-order valence-corrected chi connectivity index (χ1v) is 7.10. The van der Waals surface area contributed by atoms with Crippen LogP contribution in [0.15, 0.2) is 47.2 Å². The zero-order valence-corrected chi connectivity index (χ0v) is 12.3. The molecule has 0 radical (unpaired) electrons. The van der Waals surface area contributed by atoms with E-state index in [-0.39, 0.29) is 5.82 Å². The number of nitrogens with zero attached hydrogens (tertiary/aromatic N) is 2. The molecule has 20 heavy (non-hydrogen) atoms. The summed E-state index contributed by atoms with van der Waals surface area (Å²) in [7, 11) is 0. The third-order valence-corrected chi connectivity index (χ3v) is 3.85. The Labute approximate surface area is 124 Å². The lowest BCUT2D eigenvalue weighted by Gasteiger charge is -2.03. The van der Waals surface area contributed by atoms with Crippen molar-refractivity contribution in [3.05, 3.63) is 64.4 Å². The fraction of sp³-hybridized carbons (Fsp3) is 0.133. The SMILES string of the molecule is Nc1ccn2c(CCc3ccccc3F)nc(Br)c2c1. The van der Waals surface area contributed by atoms with Crippen LogP contribution in [-0.2, 0) is 12.8 Å². The first kappa shape index (κ1) is 13.1. The van der Waals surface area contributed by atoms with Gasteiger partial charge >= 0.3 is 0 Å². The number of halogens is 2. The van der Waals surface area contributed by atoms with Crippen molar-refractivity contribution >= 4 is 27.1 Å². The van der Waals surface area contributed by atoms with Gasteiger partial charge in [-0.15, -0.1) is 0 Å². The second kappa shape index (κ2) is 5.25. The lowest BCUT2D eigenvalue weighted by Crippen LogP contribution is -2.00. The van der Waals surface area contributed by atoms with Crippen LogP contribution in [0.3, 0.4) is 0 Å². The summed E-state index contributed by atoms with van der Waals surface area (Å²) in [5.41, 5.74) is 8.10. The minimum atomic E-state index is -0.170. The first-order valence-electron chi connectivity index (χ1n) is 6.30. The highest BCUT2D eigenvalue weighted by Crippen LogP contribution is 2.22. The lowest BCUT2D eigenvalue weighted by atomic mass is 10.1. The maximum absolute atomic E-state index is 13.6. The number of fused-ring (bicyclic) bond motifs is 1. The zero-order chi connectivity index (χ0) is 14.1. The van der Waals surface area contributed by atoms with E-state index in [0.717, 1.165) is 15.9 Å². The largest absolute Gasteiger partial charge is 0.399 e. The fourth-order valence-electron chi connectivity index (χ4n) is 2.25. The Kier molecular flexibility index (Phi) is 3.44. The molecular weight excluding hydrogens is 321 g/mol. The van der Waals surface area contributed by atoms with Crippen molar-refractivity contribution in [2.75, 3.05) is 5.73 Å². The maximum Gasteiger partial charge on any atom is 0.132 e. The highest BCUT2D eigenvalue weighted by molar-refractivity contribution is 9.10. The molecule has 0 spiro atoms. The molecule has 0 aliphatic carbocycles. The van der Waals surface area contributed by atoms with Crippen LogP contribution in [-0.4, -0.2) is 9.38 Å². The van der Waals surface area contributed by atoms with Gasteiger partial charge in [-0.2, -0.15) is 0 Å². The Balaban J connectivity index is 1.90. The number of pyridine rings is 1. The summed E-state index contributed by atoms with van der Waals surface area (Å²) in [5.74, 6) is 0.715. The number of anilines is 1. The van der Waals surface area contributed by atoms with Gasteiger partial charge in [0.25, 0.3) is 0 Å². The van der Waals surface area contributed by atoms with Gasteiger partial charge in [-0.3, -0.25) is 0 Å². The van der Waals surface area contributed by atoms with E-state index in [1.54, 1.807) is 12.1 Å². The molecule has 0 saturated heterocycles. The minimum Gasteiger partial charge on any atom is -0.399 e. The molecule has 0 bridgehead atoms. The van der Waals surface area contributed by atoms with E-state index in [4.69, 9.17) is 5.73 Å². The minimum absolute atomic E-state index is 0.170. The number of nitrogens with two attached hydrogens (primary N) is 1. The Morgan fingerprint density at radius 2 is 2.00 bits per heavy atom. The summed E-state index contributed by atoms with van der Waals surface area (Å²) in [5, 5.41) is 0. The number of benzene rings is 1. The molecule has 2 heterocycles. The van der Waals surface area contributed by atoms with E-state index in [9.17, 15) is 4.39 Å². The molecule has 2 aromatic heterocycles. The van der Waals surface area contributed by atoms with Crippen LogP contribution >= 0.6 is 15.9 Å². The van der Waals surface area contributed by atoms with E-state index in [1.165, 1.54) is 6.07 Å². The predicted octanol–water partition coefficient (Wildman–Crippen LogP) is 3.60. The smallest absolute Gasteiger partial charge is 0.132 e. The number of hydrogen-bond acceptors (Lipinski definition) is 2. The average molecular weight is 334 g/mol. The van der Waals surface area contributed by atoms with E-state index in [2.05, 4.69) is 20.9 Å². The van der Waals surface area contributed by atoms with Gasteiger partial charge in [-0.05, 0) is 46.1 Å². The summed E-state index contributed by atoms with van der Waals surface area (Å²) in [6.07, 6.45) is 3.17. The van der Waals surface area contributed by atoms with Crippen LogP contribution in [0.25, 0.3) is 5.52 Å². The molecular formula is C15H13BrFN3. The van der Waals surface area contributed by atoms with Crippen LogP contribution in [0, 0.1) is 5.82 Å². The van der Waals surface area contributed by atoms with E-state index < -0.39 is 0 Å². The summed E-state index contributed by atoms with van der Waals surface area (Å²) in [6.45, 7) is 0. The molecule has 0 aliphatic heterocycles. The molecule has 0 aliphatic rings. The highest BCUT2D eigenvalue weighted by Gasteiger charge is 2.10. The Morgan fingerprint density at radius 3 is 2.80 bits per heavy atom. The molecule has 0 fully saturated rings. The maximum atomic E-state index is 13.6. The van der Waals surface area contributed by atoms with Gasteiger partial charge in [0.2, 0.25) is 0 Å².